The number of hydrogen-bond acceptors (Lipinski definition) is 3. The standard InChI is InChI=1S/C4H9ClN2OS/c5-1-3(8)2-9-4(6)7/h3,8H,1-2H2,(H3,6,7)/t3-/m0/s1. The highest BCUT2D eigenvalue weighted by Gasteiger charge is 2.01. The third-order valence-electron chi connectivity index (χ3n) is 0.609. The first-order valence-corrected chi connectivity index (χ1v) is 3.89. The molecule has 0 spiro atoms. The molecule has 0 unspecified atom stereocenters. The zero-order chi connectivity index (χ0) is 7.28. The number of halogens is 1. The average molecular weight is 169 g/mol. The van der Waals surface area contributed by atoms with Gasteiger partial charge < -0.3 is 10.8 Å². The molecular formula is C4H9ClN2OS. The van der Waals surface area contributed by atoms with Gasteiger partial charge in [0.25, 0.3) is 0 Å². The summed E-state index contributed by atoms with van der Waals surface area (Å²) in [5.41, 5.74) is 4.99. The van der Waals surface area contributed by atoms with Crippen LogP contribution in [0.3, 0.4) is 0 Å². The summed E-state index contributed by atoms with van der Waals surface area (Å²) in [7, 11) is 0. The first-order valence-electron chi connectivity index (χ1n) is 2.37. The van der Waals surface area contributed by atoms with Crippen LogP contribution < -0.4 is 5.73 Å². The molecule has 0 radical (unpaired) electrons. The van der Waals surface area contributed by atoms with Gasteiger partial charge in [-0.3, -0.25) is 5.41 Å². The minimum atomic E-state index is -0.555. The zero-order valence-electron chi connectivity index (χ0n) is 4.80. The highest BCUT2D eigenvalue weighted by Crippen LogP contribution is 2.01. The summed E-state index contributed by atoms with van der Waals surface area (Å²) in [6.07, 6.45) is -0.555. The Labute approximate surface area is 63.1 Å². The number of amidine groups is 1. The van der Waals surface area contributed by atoms with Crippen molar-refractivity contribution < 1.29 is 5.11 Å². The molecule has 0 aromatic carbocycles. The smallest absolute Gasteiger partial charge is 0.151 e. The van der Waals surface area contributed by atoms with E-state index in [1.807, 2.05) is 0 Å². The summed E-state index contributed by atoms with van der Waals surface area (Å²) < 4.78 is 0. The number of aliphatic hydroxyl groups is 1. The molecule has 0 bridgehead atoms. The molecule has 1 atom stereocenters. The van der Waals surface area contributed by atoms with Gasteiger partial charge in [0.05, 0.1) is 6.10 Å². The molecule has 3 nitrogen and oxygen atoms in total. The zero-order valence-corrected chi connectivity index (χ0v) is 6.37. The second-order valence-corrected chi connectivity index (χ2v) is 2.85. The fourth-order valence-electron chi connectivity index (χ4n) is 0.231. The van der Waals surface area contributed by atoms with Crippen molar-refractivity contribution in [2.24, 2.45) is 5.73 Å². The van der Waals surface area contributed by atoms with Crippen LogP contribution in [-0.2, 0) is 0 Å². The average Bonchev–Trinajstić information content (AvgIpc) is 1.83. The molecule has 0 aliphatic rings. The molecule has 0 fully saturated rings. The van der Waals surface area contributed by atoms with E-state index in [2.05, 4.69) is 0 Å². The molecule has 0 aromatic heterocycles. The van der Waals surface area contributed by atoms with Gasteiger partial charge in [0.15, 0.2) is 5.17 Å². The molecule has 0 saturated heterocycles. The second-order valence-electron chi connectivity index (χ2n) is 1.48. The van der Waals surface area contributed by atoms with Gasteiger partial charge in [0.1, 0.15) is 0 Å². The van der Waals surface area contributed by atoms with E-state index in [1.54, 1.807) is 0 Å². The summed E-state index contributed by atoms with van der Waals surface area (Å²) in [6.45, 7) is 0. The summed E-state index contributed by atoms with van der Waals surface area (Å²) in [5, 5.41) is 15.6. The quantitative estimate of drug-likeness (QED) is 0.321. The van der Waals surface area contributed by atoms with E-state index in [9.17, 15) is 0 Å². The Hall–Kier alpha value is 0.0700. The van der Waals surface area contributed by atoms with Gasteiger partial charge in [0, 0.05) is 11.6 Å². The van der Waals surface area contributed by atoms with Gasteiger partial charge >= 0.3 is 0 Å². The van der Waals surface area contributed by atoms with Crippen LogP contribution in [0, 0.1) is 5.41 Å². The van der Waals surface area contributed by atoms with E-state index in [4.69, 9.17) is 27.9 Å². The third kappa shape index (κ3) is 5.95. The van der Waals surface area contributed by atoms with E-state index >= 15 is 0 Å². The highest BCUT2D eigenvalue weighted by molar-refractivity contribution is 8.13. The maximum atomic E-state index is 8.80. The minimum Gasteiger partial charge on any atom is -0.391 e. The number of nitrogens with one attached hydrogen (secondary N) is 1. The number of hydrogen-bond donors (Lipinski definition) is 3. The lowest BCUT2D eigenvalue weighted by molar-refractivity contribution is 0.224. The number of nitrogens with two attached hydrogens (primary N) is 1. The van der Waals surface area contributed by atoms with Crippen molar-refractivity contribution in [2.75, 3.05) is 11.6 Å². The Balaban J connectivity index is 3.16. The van der Waals surface area contributed by atoms with Crippen molar-refractivity contribution in [1.82, 2.24) is 0 Å². The predicted octanol–water partition coefficient (Wildman–Crippen LogP) is 0.213. The van der Waals surface area contributed by atoms with Crippen molar-refractivity contribution >= 4 is 28.5 Å². The van der Waals surface area contributed by atoms with Gasteiger partial charge in [-0.25, -0.2) is 0 Å². The number of alkyl halides is 1. The number of rotatable bonds is 3. The van der Waals surface area contributed by atoms with E-state index in [-0.39, 0.29) is 11.0 Å². The molecule has 9 heavy (non-hydrogen) atoms. The lowest BCUT2D eigenvalue weighted by Crippen LogP contribution is -2.15. The van der Waals surface area contributed by atoms with E-state index in [1.165, 1.54) is 0 Å². The van der Waals surface area contributed by atoms with Gasteiger partial charge in [-0.2, -0.15) is 0 Å². The van der Waals surface area contributed by atoms with Crippen LogP contribution in [0.2, 0.25) is 0 Å². The molecule has 0 saturated carbocycles. The van der Waals surface area contributed by atoms with Crippen LogP contribution in [0.25, 0.3) is 0 Å². The van der Waals surface area contributed by atoms with Gasteiger partial charge in [-0.1, -0.05) is 11.8 Å². The monoisotopic (exact) mass is 168 g/mol. The van der Waals surface area contributed by atoms with Crippen molar-refractivity contribution in [3.05, 3.63) is 0 Å². The maximum Gasteiger partial charge on any atom is 0.151 e. The SMILES string of the molecule is N=C(N)SC[C@@H](O)CCl. The lowest BCUT2D eigenvalue weighted by Gasteiger charge is -2.02. The summed E-state index contributed by atoms with van der Waals surface area (Å²) in [4.78, 5) is 0. The summed E-state index contributed by atoms with van der Waals surface area (Å²) in [5.74, 6) is 0.596. The Morgan fingerprint density at radius 1 is 1.89 bits per heavy atom. The molecule has 4 N–H and O–H groups in total. The van der Waals surface area contributed by atoms with Crippen molar-refractivity contribution in [2.45, 2.75) is 6.10 Å². The molecule has 0 aliphatic carbocycles. The highest BCUT2D eigenvalue weighted by atomic mass is 35.5. The topological polar surface area (TPSA) is 70.1 Å². The van der Waals surface area contributed by atoms with Crippen LogP contribution in [0.4, 0.5) is 0 Å². The first-order chi connectivity index (χ1) is 4.16. The normalized spacial score (nSPS) is 13.1. The van der Waals surface area contributed by atoms with Crippen LogP contribution in [-0.4, -0.2) is 28.0 Å². The van der Waals surface area contributed by atoms with Crippen molar-refractivity contribution in [1.29, 1.82) is 5.41 Å². The fourth-order valence-corrected chi connectivity index (χ4v) is 0.959. The van der Waals surface area contributed by atoms with Gasteiger partial charge in [0.2, 0.25) is 0 Å². The molecule has 0 heterocycles. The van der Waals surface area contributed by atoms with Gasteiger partial charge in [-0.05, 0) is 0 Å². The number of thioether (sulfide) groups is 1. The largest absolute Gasteiger partial charge is 0.391 e. The molecule has 0 aliphatic heterocycles. The Morgan fingerprint density at radius 3 is 2.78 bits per heavy atom. The predicted molar refractivity (Wildman–Crippen MR) is 41.1 cm³/mol. The van der Waals surface area contributed by atoms with Crippen LogP contribution in [0.1, 0.15) is 0 Å². The van der Waals surface area contributed by atoms with Crippen molar-refractivity contribution in [3.63, 3.8) is 0 Å². The number of aliphatic hydroxyl groups excluding tert-OH is 1. The third-order valence-corrected chi connectivity index (χ3v) is 1.83. The Bertz CT molecular complexity index is 101. The molecule has 0 aromatic rings. The summed E-state index contributed by atoms with van der Waals surface area (Å²) >= 11 is 6.35. The molecule has 0 amide bonds. The van der Waals surface area contributed by atoms with Crippen molar-refractivity contribution in [3.8, 4) is 0 Å². The van der Waals surface area contributed by atoms with Crippen LogP contribution >= 0.6 is 23.4 Å². The minimum absolute atomic E-state index is 0.0131. The molecular weight excluding hydrogens is 160 g/mol. The molecule has 54 valence electrons. The van der Waals surface area contributed by atoms with Crippen LogP contribution in [0.15, 0.2) is 0 Å². The summed E-state index contributed by atoms with van der Waals surface area (Å²) in [6, 6.07) is 0. The fraction of sp³-hybridized carbons (Fsp3) is 0.750. The van der Waals surface area contributed by atoms with E-state index < -0.39 is 6.10 Å². The Morgan fingerprint density at radius 2 is 2.44 bits per heavy atom. The van der Waals surface area contributed by atoms with E-state index in [0.29, 0.717) is 5.75 Å². The second kappa shape index (κ2) is 4.90. The first kappa shape index (κ1) is 9.07. The Kier molecular flexibility index (Phi) is 4.94. The molecule has 5 heteroatoms. The van der Waals surface area contributed by atoms with Gasteiger partial charge in [-0.15, -0.1) is 11.6 Å². The molecule has 0 rings (SSSR count). The maximum absolute atomic E-state index is 8.80. The van der Waals surface area contributed by atoms with Crippen LogP contribution in [0.5, 0.6) is 0 Å². The lowest BCUT2D eigenvalue weighted by atomic mass is 10.5. The van der Waals surface area contributed by atoms with E-state index in [0.717, 1.165) is 11.8 Å².